The second-order valence-electron chi connectivity index (χ2n) is 4.49. The Labute approximate surface area is 126 Å². The number of hydrogen-bond acceptors (Lipinski definition) is 6. The quantitative estimate of drug-likeness (QED) is 0.778. The molecule has 0 aliphatic rings. The van der Waals surface area contributed by atoms with Crippen LogP contribution in [0.3, 0.4) is 0 Å². The topological polar surface area (TPSA) is 93.6 Å². The lowest BCUT2D eigenvalue weighted by atomic mass is 10.2. The van der Waals surface area contributed by atoms with Crippen LogP contribution in [0.2, 0.25) is 0 Å². The molecule has 1 N–H and O–H groups in total. The average Bonchev–Trinajstić information content (AvgIpc) is 2.61. The molecule has 0 spiro atoms. The second-order valence-corrected chi connectivity index (χ2v) is 4.49. The van der Waals surface area contributed by atoms with Gasteiger partial charge in [0.05, 0.1) is 17.5 Å². The standard InChI is InChI=1S/C15H12N6O/c22-15(19-5-11-3-4-20-21-6-11)12-1-2-14(18-9-12)13-7-16-10-17-8-13/h1-4,6-10H,5H2,(H,19,22). The zero-order valence-electron chi connectivity index (χ0n) is 11.5. The van der Waals surface area contributed by atoms with Crippen LogP contribution in [-0.2, 0) is 6.54 Å². The van der Waals surface area contributed by atoms with Gasteiger partial charge in [0.25, 0.3) is 5.91 Å². The average molecular weight is 292 g/mol. The van der Waals surface area contributed by atoms with Crippen LogP contribution in [-0.4, -0.2) is 31.1 Å². The van der Waals surface area contributed by atoms with E-state index in [1.165, 1.54) is 12.5 Å². The lowest BCUT2D eigenvalue weighted by Gasteiger charge is -2.05. The molecule has 3 heterocycles. The van der Waals surface area contributed by atoms with Crippen molar-refractivity contribution < 1.29 is 4.79 Å². The predicted octanol–water partition coefficient (Wildman–Crippen LogP) is 1.26. The first-order chi connectivity index (χ1) is 10.8. The summed E-state index contributed by atoms with van der Waals surface area (Å²) in [6.45, 7) is 0.391. The van der Waals surface area contributed by atoms with Crippen molar-refractivity contribution in [2.75, 3.05) is 0 Å². The van der Waals surface area contributed by atoms with Crippen LogP contribution >= 0.6 is 0 Å². The largest absolute Gasteiger partial charge is 0.348 e. The second kappa shape index (κ2) is 6.49. The molecule has 0 atom stereocenters. The minimum atomic E-state index is -0.194. The lowest BCUT2D eigenvalue weighted by Crippen LogP contribution is -2.23. The first-order valence-corrected chi connectivity index (χ1v) is 6.58. The van der Waals surface area contributed by atoms with Gasteiger partial charge < -0.3 is 5.32 Å². The Balaban J connectivity index is 1.66. The number of rotatable bonds is 4. The van der Waals surface area contributed by atoms with E-state index in [1.807, 2.05) is 0 Å². The van der Waals surface area contributed by atoms with Crippen molar-refractivity contribution in [1.82, 2.24) is 30.5 Å². The summed E-state index contributed by atoms with van der Waals surface area (Å²) in [5.74, 6) is -0.194. The SMILES string of the molecule is O=C(NCc1ccnnc1)c1ccc(-c2cncnc2)nc1. The van der Waals surface area contributed by atoms with Crippen LogP contribution in [0, 0.1) is 0 Å². The highest BCUT2D eigenvalue weighted by Gasteiger charge is 2.07. The third-order valence-electron chi connectivity index (χ3n) is 2.98. The lowest BCUT2D eigenvalue weighted by molar-refractivity contribution is 0.0950. The van der Waals surface area contributed by atoms with E-state index in [4.69, 9.17) is 0 Å². The van der Waals surface area contributed by atoms with E-state index < -0.39 is 0 Å². The van der Waals surface area contributed by atoms with E-state index in [1.54, 1.807) is 43.0 Å². The van der Waals surface area contributed by atoms with E-state index >= 15 is 0 Å². The molecule has 0 radical (unpaired) electrons. The molecule has 0 aliphatic heterocycles. The van der Waals surface area contributed by atoms with Gasteiger partial charge >= 0.3 is 0 Å². The minimum absolute atomic E-state index is 0.194. The number of pyridine rings is 1. The minimum Gasteiger partial charge on any atom is -0.348 e. The van der Waals surface area contributed by atoms with Crippen molar-refractivity contribution in [3.63, 3.8) is 0 Å². The van der Waals surface area contributed by atoms with E-state index in [9.17, 15) is 4.79 Å². The summed E-state index contributed by atoms with van der Waals surface area (Å²) < 4.78 is 0. The fourth-order valence-electron chi connectivity index (χ4n) is 1.84. The number of hydrogen-bond donors (Lipinski definition) is 1. The van der Waals surface area contributed by atoms with Gasteiger partial charge in [0.1, 0.15) is 6.33 Å². The molecule has 108 valence electrons. The van der Waals surface area contributed by atoms with E-state index in [2.05, 4.69) is 30.5 Å². The van der Waals surface area contributed by atoms with E-state index in [0.717, 1.165) is 16.8 Å². The number of carbonyl (C=O) groups excluding carboxylic acids is 1. The van der Waals surface area contributed by atoms with Gasteiger partial charge in [-0.25, -0.2) is 9.97 Å². The molecule has 0 saturated carbocycles. The number of carbonyl (C=O) groups is 1. The van der Waals surface area contributed by atoms with Crippen molar-refractivity contribution in [3.05, 3.63) is 66.6 Å². The van der Waals surface area contributed by atoms with Crippen LogP contribution < -0.4 is 5.32 Å². The zero-order valence-corrected chi connectivity index (χ0v) is 11.5. The first kappa shape index (κ1) is 13.7. The Morgan fingerprint density at radius 1 is 1.00 bits per heavy atom. The van der Waals surface area contributed by atoms with Gasteiger partial charge in [-0.05, 0) is 23.8 Å². The summed E-state index contributed by atoms with van der Waals surface area (Å²) in [5, 5.41) is 10.2. The summed E-state index contributed by atoms with van der Waals surface area (Å²) in [5.41, 5.74) is 2.89. The monoisotopic (exact) mass is 292 g/mol. The van der Waals surface area contributed by atoms with Gasteiger partial charge in [0.2, 0.25) is 0 Å². The summed E-state index contributed by atoms with van der Waals surface area (Å²) >= 11 is 0. The van der Waals surface area contributed by atoms with Gasteiger partial charge in [-0.1, -0.05) is 0 Å². The van der Waals surface area contributed by atoms with Crippen LogP contribution in [0.1, 0.15) is 15.9 Å². The Bertz CT molecular complexity index is 746. The normalized spacial score (nSPS) is 10.2. The van der Waals surface area contributed by atoms with Gasteiger partial charge in [0, 0.05) is 36.9 Å². The Morgan fingerprint density at radius 3 is 2.55 bits per heavy atom. The molecule has 0 aliphatic carbocycles. The van der Waals surface area contributed by atoms with E-state index in [0.29, 0.717) is 12.1 Å². The molecular formula is C15H12N6O. The maximum Gasteiger partial charge on any atom is 0.253 e. The summed E-state index contributed by atoms with van der Waals surface area (Å²) in [7, 11) is 0. The number of amides is 1. The van der Waals surface area contributed by atoms with Gasteiger partial charge in [-0.2, -0.15) is 10.2 Å². The maximum atomic E-state index is 12.1. The number of aromatic nitrogens is 5. The smallest absolute Gasteiger partial charge is 0.253 e. The maximum absolute atomic E-state index is 12.1. The van der Waals surface area contributed by atoms with Crippen molar-refractivity contribution in [3.8, 4) is 11.3 Å². The molecule has 0 saturated heterocycles. The van der Waals surface area contributed by atoms with Gasteiger partial charge in [0.15, 0.2) is 0 Å². The zero-order chi connectivity index (χ0) is 15.2. The molecular weight excluding hydrogens is 280 g/mol. The van der Waals surface area contributed by atoms with Crippen molar-refractivity contribution in [2.24, 2.45) is 0 Å². The third-order valence-corrected chi connectivity index (χ3v) is 2.98. The first-order valence-electron chi connectivity index (χ1n) is 6.58. The van der Waals surface area contributed by atoms with Crippen LogP contribution in [0.4, 0.5) is 0 Å². The van der Waals surface area contributed by atoms with Crippen LogP contribution in [0.15, 0.2) is 55.5 Å². The molecule has 7 nitrogen and oxygen atoms in total. The molecule has 7 heteroatoms. The van der Waals surface area contributed by atoms with Gasteiger partial charge in [-0.3, -0.25) is 9.78 Å². The fraction of sp³-hybridized carbons (Fsp3) is 0.0667. The molecule has 0 unspecified atom stereocenters. The fourth-order valence-corrected chi connectivity index (χ4v) is 1.84. The molecule has 0 bridgehead atoms. The summed E-state index contributed by atoms with van der Waals surface area (Å²) in [6.07, 6.45) is 9.52. The Hall–Kier alpha value is -3.22. The molecule has 1 amide bonds. The van der Waals surface area contributed by atoms with Gasteiger partial charge in [-0.15, -0.1) is 0 Å². The highest BCUT2D eigenvalue weighted by Crippen LogP contribution is 2.14. The molecule has 3 aromatic heterocycles. The summed E-state index contributed by atoms with van der Waals surface area (Å²) in [4.78, 5) is 24.2. The van der Waals surface area contributed by atoms with Crippen molar-refractivity contribution >= 4 is 5.91 Å². The van der Waals surface area contributed by atoms with Crippen molar-refractivity contribution in [1.29, 1.82) is 0 Å². The highest BCUT2D eigenvalue weighted by molar-refractivity contribution is 5.94. The molecule has 0 aromatic carbocycles. The summed E-state index contributed by atoms with van der Waals surface area (Å²) in [6, 6.07) is 5.28. The molecule has 3 aromatic rings. The number of nitrogens with one attached hydrogen (secondary N) is 1. The number of nitrogens with zero attached hydrogens (tertiary/aromatic N) is 5. The highest BCUT2D eigenvalue weighted by atomic mass is 16.1. The molecule has 22 heavy (non-hydrogen) atoms. The van der Waals surface area contributed by atoms with Crippen LogP contribution in [0.25, 0.3) is 11.3 Å². The molecule has 3 rings (SSSR count). The van der Waals surface area contributed by atoms with Crippen LogP contribution in [0.5, 0.6) is 0 Å². The predicted molar refractivity (Wildman–Crippen MR) is 78.5 cm³/mol. The van der Waals surface area contributed by atoms with E-state index in [-0.39, 0.29) is 5.91 Å². The Morgan fingerprint density at radius 2 is 1.86 bits per heavy atom. The van der Waals surface area contributed by atoms with Crippen molar-refractivity contribution in [2.45, 2.75) is 6.54 Å². The Kier molecular flexibility index (Phi) is 4.05. The molecule has 0 fully saturated rings. The third kappa shape index (κ3) is 3.26.